The third-order valence-corrected chi connectivity index (χ3v) is 3.86. The fraction of sp³-hybridized carbons (Fsp3) is 0.188. The lowest BCUT2D eigenvalue weighted by Gasteiger charge is -2.26. The maximum atomic E-state index is 5.45. The number of hydrogen-bond acceptors (Lipinski definition) is 3. The van der Waals surface area contributed by atoms with E-state index in [1.807, 2.05) is 47.5 Å². The second kappa shape index (κ2) is 5.35. The molecule has 2 aromatic carbocycles. The number of hydrazine groups is 1. The molecular weight excluding hydrogens is 282 g/mol. The number of nitrogens with zero attached hydrogens (tertiary/aromatic N) is 1. The summed E-state index contributed by atoms with van der Waals surface area (Å²) in [7, 11) is 1.65. The molecule has 21 heavy (non-hydrogen) atoms. The number of hydrogen-bond donors (Lipinski definition) is 2. The van der Waals surface area contributed by atoms with Crippen molar-refractivity contribution in [2.24, 2.45) is 0 Å². The highest BCUT2D eigenvalue weighted by molar-refractivity contribution is 7.80. The average molecular weight is 299 g/mol. The highest BCUT2D eigenvalue weighted by Gasteiger charge is 2.37. The summed E-state index contributed by atoms with van der Waals surface area (Å²) in [6.07, 6.45) is 0. The first-order valence-electron chi connectivity index (χ1n) is 6.72. The monoisotopic (exact) mass is 299 g/mol. The van der Waals surface area contributed by atoms with Gasteiger partial charge in [0, 0.05) is 0 Å². The first kappa shape index (κ1) is 13.9. The van der Waals surface area contributed by atoms with Crippen molar-refractivity contribution < 1.29 is 4.74 Å². The lowest BCUT2D eigenvalue weighted by molar-refractivity contribution is 0.389. The first-order chi connectivity index (χ1) is 10.1. The summed E-state index contributed by atoms with van der Waals surface area (Å²) >= 11 is 5.45. The van der Waals surface area contributed by atoms with E-state index in [-0.39, 0.29) is 0 Å². The molecule has 0 radical (unpaired) electrons. The van der Waals surface area contributed by atoms with Crippen molar-refractivity contribution in [3.8, 4) is 5.75 Å². The van der Waals surface area contributed by atoms with Crippen molar-refractivity contribution in [2.75, 3.05) is 12.1 Å². The van der Waals surface area contributed by atoms with Crippen LogP contribution in [0.5, 0.6) is 5.75 Å². The number of rotatable bonds is 3. The zero-order valence-electron chi connectivity index (χ0n) is 12.0. The average Bonchev–Trinajstić information content (AvgIpc) is 2.85. The third-order valence-electron chi connectivity index (χ3n) is 3.58. The Kier molecular flexibility index (Phi) is 3.53. The molecular formula is C16H17N3OS. The molecule has 0 bridgehead atoms. The van der Waals surface area contributed by atoms with E-state index in [1.54, 1.807) is 7.11 Å². The van der Waals surface area contributed by atoms with Crippen LogP contribution in [0.1, 0.15) is 12.5 Å². The molecule has 1 heterocycles. The largest absolute Gasteiger partial charge is 0.497 e. The Morgan fingerprint density at radius 2 is 1.71 bits per heavy atom. The summed E-state index contributed by atoms with van der Waals surface area (Å²) in [5, 5.41) is 5.86. The van der Waals surface area contributed by atoms with Gasteiger partial charge in [0.2, 0.25) is 0 Å². The predicted molar refractivity (Wildman–Crippen MR) is 88.1 cm³/mol. The minimum atomic E-state index is -0.418. The number of thiocarbonyl (C=S) groups is 1. The lowest BCUT2D eigenvalue weighted by atomic mass is 10.0. The van der Waals surface area contributed by atoms with E-state index in [0.717, 1.165) is 17.0 Å². The zero-order chi connectivity index (χ0) is 14.9. The van der Waals surface area contributed by atoms with Gasteiger partial charge in [0.05, 0.1) is 12.8 Å². The molecule has 1 saturated heterocycles. The van der Waals surface area contributed by atoms with Crippen molar-refractivity contribution in [2.45, 2.75) is 12.6 Å². The van der Waals surface area contributed by atoms with Gasteiger partial charge >= 0.3 is 0 Å². The number of anilines is 1. The normalized spacial score (nSPS) is 21.2. The summed E-state index contributed by atoms with van der Waals surface area (Å²) < 4.78 is 5.18. The summed E-state index contributed by atoms with van der Waals surface area (Å²) in [6.45, 7) is 2.07. The van der Waals surface area contributed by atoms with Crippen LogP contribution < -0.4 is 20.5 Å². The van der Waals surface area contributed by atoms with Crippen LogP contribution in [0.25, 0.3) is 0 Å². The summed E-state index contributed by atoms with van der Waals surface area (Å²) in [6, 6.07) is 17.9. The van der Waals surface area contributed by atoms with Gasteiger partial charge in [-0.15, -0.1) is 0 Å². The van der Waals surface area contributed by atoms with E-state index in [2.05, 4.69) is 29.8 Å². The molecule has 1 aliphatic heterocycles. The molecule has 5 heteroatoms. The minimum absolute atomic E-state index is 0.418. The number of methoxy groups -OCH3 is 1. The Morgan fingerprint density at radius 3 is 2.33 bits per heavy atom. The molecule has 108 valence electrons. The Balaban J connectivity index is 1.87. The van der Waals surface area contributed by atoms with Gasteiger partial charge in [0.25, 0.3) is 0 Å². The molecule has 1 fully saturated rings. The lowest BCUT2D eigenvalue weighted by Crippen LogP contribution is -2.45. The SMILES string of the molecule is COc1ccc(N2NC(C)(c3ccccc3)NC2=S)cc1. The standard InChI is InChI=1S/C16H17N3OS/c1-16(12-6-4-3-5-7-12)17-15(21)19(18-16)13-8-10-14(20-2)11-9-13/h3-11,18H,1-2H3,(H,17,21). The van der Waals surface area contributed by atoms with Gasteiger partial charge in [-0.25, -0.2) is 5.01 Å². The van der Waals surface area contributed by atoms with Crippen LogP contribution in [0.2, 0.25) is 0 Å². The van der Waals surface area contributed by atoms with Gasteiger partial charge in [-0.05, 0) is 49.0 Å². The predicted octanol–water partition coefficient (Wildman–Crippen LogP) is 2.77. The molecule has 4 nitrogen and oxygen atoms in total. The van der Waals surface area contributed by atoms with E-state index < -0.39 is 5.66 Å². The number of benzene rings is 2. The smallest absolute Gasteiger partial charge is 0.190 e. The van der Waals surface area contributed by atoms with E-state index in [0.29, 0.717) is 5.11 Å². The van der Waals surface area contributed by atoms with E-state index in [1.165, 1.54) is 0 Å². The van der Waals surface area contributed by atoms with Gasteiger partial charge < -0.3 is 10.1 Å². The molecule has 0 saturated carbocycles. The second-order valence-corrected chi connectivity index (χ2v) is 5.45. The molecule has 0 aromatic heterocycles. The quantitative estimate of drug-likeness (QED) is 0.852. The highest BCUT2D eigenvalue weighted by atomic mass is 32.1. The maximum Gasteiger partial charge on any atom is 0.190 e. The molecule has 2 N–H and O–H groups in total. The minimum Gasteiger partial charge on any atom is -0.497 e. The van der Waals surface area contributed by atoms with Crippen LogP contribution in [0, 0.1) is 0 Å². The fourth-order valence-electron chi connectivity index (χ4n) is 2.39. The van der Waals surface area contributed by atoms with Crippen LogP contribution >= 0.6 is 12.2 Å². The molecule has 1 unspecified atom stereocenters. The third kappa shape index (κ3) is 2.57. The van der Waals surface area contributed by atoms with E-state index in [9.17, 15) is 0 Å². The summed E-state index contributed by atoms with van der Waals surface area (Å²) in [4.78, 5) is 0. The number of ether oxygens (including phenoxy) is 1. The van der Waals surface area contributed by atoms with Crippen LogP contribution in [-0.2, 0) is 5.66 Å². The summed E-state index contributed by atoms with van der Waals surface area (Å²) in [5.41, 5.74) is 5.10. The Labute approximate surface area is 129 Å². The van der Waals surface area contributed by atoms with Gasteiger partial charge in [0.15, 0.2) is 5.11 Å². The molecule has 0 amide bonds. The van der Waals surface area contributed by atoms with Crippen molar-refractivity contribution in [1.29, 1.82) is 0 Å². The Hall–Kier alpha value is -2.11. The van der Waals surface area contributed by atoms with Crippen LogP contribution in [0.3, 0.4) is 0 Å². The van der Waals surface area contributed by atoms with Crippen molar-refractivity contribution in [1.82, 2.24) is 10.7 Å². The van der Waals surface area contributed by atoms with Crippen molar-refractivity contribution in [3.63, 3.8) is 0 Å². The molecule has 1 aliphatic rings. The second-order valence-electron chi connectivity index (χ2n) is 5.07. The maximum absolute atomic E-state index is 5.45. The van der Waals surface area contributed by atoms with Crippen molar-refractivity contribution in [3.05, 3.63) is 60.2 Å². The van der Waals surface area contributed by atoms with Gasteiger partial charge in [-0.2, -0.15) is 5.43 Å². The summed E-state index contributed by atoms with van der Waals surface area (Å²) in [5.74, 6) is 0.822. The van der Waals surface area contributed by atoms with Crippen LogP contribution in [0.15, 0.2) is 54.6 Å². The molecule has 1 atom stereocenters. The number of nitrogens with one attached hydrogen (secondary N) is 2. The molecule has 2 aromatic rings. The highest BCUT2D eigenvalue weighted by Crippen LogP contribution is 2.27. The first-order valence-corrected chi connectivity index (χ1v) is 7.13. The van der Waals surface area contributed by atoms with E-state index in [4.69, 9.17) is 17.0 Å². The Morgan fingerprint density at radius 1 is 1.05 bits per heavy atom. The molecule has 0 aliphatic carbocycles. The Bertz CT molecular complexity index is 644. The van der Waals surface area contributed by atoms with E-state index >= 15 is 0 Å². The van der Waals surface area contributed by atoms with Crippen molar-refractivity contribution >= 4 is 23.0 Å². The topological polar surface area (TPSA) is 36.5 Å². The molecule has 3 rings (SSSR count). The zero-order valence-corrected chi connectivity index (χ0v) is 12.8. The van der Waals surface area contributed by atoms with Gasteiger partial charge in [0.1, 0.15) is 11.4 Å². The van der Waals surface area contributed by atoms with Gasteiger partial charge in [-0.1, -0.05) is 30.3 Å². The fourth-order valence-corrected chi connectivity index (χ4v) is 2.75. The molecule has 0 spiro atoms. The van der Waals surface area contributed by atoms with Crippen LogP contribution in [-0.4, -0.2) is 12.2 Å². The van der Waals surface area contributed by atoms with Gasteiger partial charge in [-0.3, -0.25) is 0 Å². The van der Waals surface area contributed by atoms with Crippen LogP contribution in [0.4, 0.5) is 5.69 Å².